The number of hydrogen-bond acceptors (Lipinski definition) is 3. The van der Waals surface area contributed by atoms with Crippen molar-refractivity contribution in [3.63, 3.8) is 0 Å². The molecule has 0 aromatic heterocycles. The Labute approximate surface area is 168 Å². The largest absolute Gasteiger partial charge is 0.338 e. The van der Waals surface area contributed by atoms with E-state index in [9.17, 15) is 13.2 Å². The number of carbonyl (C=O) groups excluding carboxylic acids is 1. The van der Waals surface area contributed by atoms with Crippen molar-refractivity contribution in [2.24, 2.45) is 5.92 Å². The number of sulfonamides is 1. The minimum atomic E-state index is -3.50. The van der Waals surface area contributed by atoms with Crippen LogP contribution in [0.4, 0.5) is 0 Å². The molecule has 28 heavy (non-hydrogen) atoms. The Morgan fingerprint density at radius 2 is 1.75 bits per heavy atom. The summed E-state index contributed by atoms with van der Waals surface area (Å²) in [6.07, 6.45) is 1.13. The molecule has 1 aliphatic heterocycles. The van der Waals surface area contributed by atoms with Crippen LogP contribution in [-0.4, -0.2) is 43.2 Å². The molecule has 5 nitrogen and oxygen atoms in total. The Morgan fingerprint density at radius 3 is 2.36 bits per heavy atom. The molecule has 2 aromatic carbocycles. The second kappa shape index (κ2) is 8.88. The first-order chi connectivity index (χ1) is 13.4. The molecule has 1 aliphatic rings. The van der Waals surface area contributed by atoms with Crippen LogP contribution in [0.15, 0.2) is 59.5 Å². The number of benzene rings is 2. The van der Waals surface area contributed by atoms with Crippen LogP contribution in [0.3, 0.4) is 0 Å². The Balaban J connectivity index is 1.63. The van der Waals surface area contributed by atoms with Crippen LogP contribution in [0.25, 0.3) is 0 Å². The lowest BCUT2D eigenvalue weighted by Crippen LogP contribution is -2.44. The number of rotatable bonds is 6. The summed E-state index contributed by atoms with van der Waals surface area (Å²) >= 11 is 0. The number of nitrogens with zero attached hydrogens (tertiary/aromatic N) is 2. The highest BCUT2D eigenvalue weighted by Gasteiger charge is 2.33. The van der Waals surface area contributed by atoms with Gasteiger partial charge in [-0.05, 0) is 49.9 Å². The third-order valence-electron chi connectivity index (χ3n) is 5.34. The summed E-state index contributed by atoms with van der Waals surface area (Å²) in [5.74, 6) is 0.00609. The van der Waals surface area contributed by atoms with E-state index < -0.39 is 10.0 Å². The average Bonchev–Trinajstić information content (AvgIpc) is 2.72. The number of aryl methyl sites for hydroxylation is 1. The molecule has 0 N–H and O–H groups in total. The number of carbonyl (C=O) groups is 1. The van der Waals surface area contributed by atoms with Crippen LogP contribution in [-0.2, 0) is 21.4 Å². The van der Waals surface area contributed by atoms with Gasteiger partial charge in [-0.3, -0.25) is 4.79 Å². The molecule has 0 aliphatic carbocycles. The van der Waals surface area contributed by atoms with Gasteiger partial charge in [-0.25, -0.2) is 8.42 Å². The minimum absolute atomic E-state index is 0.118. The second-order valence-electron chi connectivity index (χ2n) is 7.33. The fourth-order valence-corrected chi connectivity index (χ4v) is 5.25. The summed E-state index contributed by atoms with van der Waals surface area (Å²) in [7, 11) is -3.50. The molecule has 1 fully saturated rings. The highest BCUT2D eigenvalue weighted by molar-refractivity contribution is 7.89. The molecule has 0 spiro atoms. The Hall–Kier alpha value is -2.18. The van der Waals surface area contributed by atoms with Gasteiger partial charge < -0.3 is 4.90 Å². The van der Waals surface area contributed by atoms with Gasteiger partial charge in [0, 0.05) is 32.1 Å². The predicted octanol–water partition coefficient (Wildman–Crippen LogP) is 3.44. The molecule has 0 bridgehead atoms. The van der Waals surface area contributed by atoms with E-state index in [1.165, 1.54) is 4.31 Å². The molecule has 150 valence electrons. The average molecular weight is 401 g/mol. The third kappa shape index (κ3) is 4.62. The SMILES string of the molecule is CCN(Cc1ccccc1)C(=O)C1CCN(S(=O)(=O)c2cccc(C)c2)CC1. The van der Waals surface area contributed by atoms with Crippen LogP contribution >= 0.6 is 0 Å². The van der Waals surface area contributed by atoms with Crippen molar-refractivity contribution in [1.29, 1.82) is 0 Å². The summed E-state index contributed by atoms with van der Waals surface area (Å²) in [4.78, 5) is 15.2. The van der Waals surface area contributed by atoms with Crippen LogP contribution in [0.2, 0.25) is 0 Å². The molecule has 0 radical (unpaired) electrons. The summed E-state index contributed by atoms with van der Waals surface area (Å²) in [6, 6.07) is 16.9. The number of hydrogen-bond donors (Lipinski definition) is 0. The van der Waals surface area contributed by atoms with Gasteiger partial charge in [0.25, 0.3) is 0 Å². The molecule has 0 atom stereocenters. The molecule has 6 heteroatoms. The predicted molar refractivity (Wildman–Crippen MR) is 110 cm³/mol. The first kappa shape index (κ1) is 20.6. The Morgan fingerprint density at radius 1 is 1.07 bits per heavy atom. The summed E-state index contributed by atoms with van der Waals surface area (Å²) in [6.45, 7) is 5.88. The van der Waals surface area contributed by atoms with Gasteiger partial charge in [-0.2, -0.15) is 4.31 Å². The van der Waals surface area contributed by atoms with Crippen molar-refractivity contribution < 1.29 is 13.2 Å². The zero-order valence-electron chi connectivity index (χ0n) is 16.5. The molecule has 0 unspecified atom stereocenters. The lowest BCUT2D eigenvalue weighted by Gasteiger charge is -2.33. The maximum atomic E-state index is 13.0. The Kier molecular flexibility index (Phi) is 6.52. The van der Waals surface area contributed by atoms with E-state index in [2.05, 4.69) is 0 Å². The van der Waals surface area contributed by atoms with Gasteiger partial charge in [-0.1, -0.05) is 42.5 Å². The molecule has 3 rings (SSSR count). The zero-order valence-corrected chi connectivity index (χ0v) is 17.4. The minimum Gasteiger partial charge on any atom is -0.338 e. The molecule has 2 aromatic rings. The van der Waals surface area contributed by atoms with Crippen molar-refractivity contribution in [3.8, 4) is 0 Å². The van der Waals surface area contributed by atoms with Crippen molar-refractivity contribution in [2.75, 3.05) is 19.6 Å². The van der Waals surface area contributed by atoms with Gasteiger partial charge >= 0.3 is 0 Å². The highest BCUT2D eigenvalue weighted by Crippen LogP contribution is 2.26. The van der Waals surface area contributed by atoms with Crippen molar-refractivity contribution in [3.05, 3.63) is 65.7 Å². The van der Waals surface area contributed by atoms with Crippen molar-refractivity contribution in [2.45, 2.75) is 38.1 Å². The van der Waals surface area contributed by atoms with Gasteiger partial charge in [0.2, 0.25) is 15.9 Å². The molecular formula is C22H28N2O3S. The maximum absolute atomic E-state index is 13.0. The summed E-state index contributed by atoms with van der Waals surface area (Å²) in [5.41, 5.74) is 2.03. The lowest BCUT2D eigenvalue weighted by atomic mass is 9.96. The molecule has 1 amide bonds. The topological polar surface area (TPSA) is 57.7 Å². The van der Waals surface area contributed by atoms with E-state index in [4.69, 9.17) is 0 Å². The fraction of sp³-hybridized carbons (Fsp3) is 0.409. The zero-order chi connectivity index (χ0) is 20.1. The quantitative estimate of drug-likeness (QED) is 0.746. The van der Waals surface area contributed by atoms with E-state index in [1.807, 2.05) is 55.1 Å². The van der Waals surface area contributed by atoms with E-state index in [0.717, 1.165) is 11.1 Å². The van der Waals surface area contributed by atoms with E-state index >= 15 is 0 Å². The van der Waals surface area contributed by atoms with E-state index in [1.54, 1.807) is 18.2 Å². The molecule has 1 saturated heterocycles. The molecule has 0 saturated carbocycles. The molecule has 1 heterocycles. The van der Waals surface area contributed by atoms with Crippen LogP contribution in [0.1, 0.15) is 30.9 Å². The van der Waals surface area contributed by atoms with E-state index in [-0.39, 0.29) is 11.8 Å². The second-order valence-corrected chi connectivity index (χ2v) is 9.27. The van der Waals surface area contributed by atoms with E-state index in [0.29, 0.717) is 43.9 Å². The molecular weight excluding hydrogens is 372 g/mol. The third-order valence-corrected chi connectivity index (χ3v) is 7.23. The summed E-state index contributed by atoms with van der Waals surface area (Å²) in [5, 5.41) is 0. The first-order valence-electron chi connectivity index (χ1n) is 9.81. The van der Waals surface area contributed by atoms with Gasteiger partial charge in [0.15, 0.2) is 0 Å². The maximum Gasteiger partial charge on any atom is 0.243 e. The number of piperidine rings is 1. The highest BCUT2D eigenvalue weighted by atomic mass is 32.2. The standard InChI is InChI=1S/C22H28N2O3S/c1-3-23(17-19-9-5-4-6-10-19)22(25)20-12-14-24(15-13-20)28(26,27)21-11-7-8-18(2)16-21/h4-11,16,20H,3,12-15,17H2,1-2H3. The fourth-order valence-electron chi connectivity index (χ4n) is 3.68. The van der Waals surface area contributed by atoms with Gasteiger partial charge in [0.1, 0.15) is 0 Å². The van der Waals surface area contributed by atoms with Gasteiger partial charge in [0.05, 0.1) is 4.90 Å². The smallest absolute Gasteiger partial charge is 0.243 e. The summed E-state index contributed by atoms with van der Waals surface area (Å²) < 4.78 is 27.3. The van der Waals surface area contributed by atoms with Crippen LogP contribution < -0.4 is 0 Å². The first-order valence-corrected chi connectivity index (χ1v) is 11.3. The Bertz CT molecular complexity index is 904. The van der Waals surface area contributed by atoms with Crippen molar-refractivity contribution >= 4 is 15.9 Å². The van der Waals surface area contributed by atoms with Crippen LogP contribution in [0, 0.1) is 12.8 Å². The normalized spacial score (nSPS) is 16.1. The lowest BCUT2D eigenvalue weighted by molar-refractivity contribution is -0.137. The van der Waals surface area contributed by atoms with Crippen LogP contribution in [0.5, 0.6) is 0 Å². The van der Waals surface area contributed by atoms with Gasteiger partial charge in [-0.15, -0.1) is 0 Å². The monoisotopic (exact) mass is 400 g/mol. The number of amides is 1. The van der Waals surface area contributed by atoms with Crippen molar-refractivity contribution in [1.82, 2.24) is 9.21 Å².